The van der Waals surface area contributed by atoms with Crippen molar-refractivity contribution in [1.82, 2.24) is 5.32 Å². The summed E-state index contributed by atoms with van der Waals surface area (Å²) in [7, 11) is 0. The minimum absolute atomic E-state index is 0.164. The third-order valence-corrected chi connectivity index (χ3v) is 1.52. The van der Waals surface area contributed by atoms with Crippen molar-refractivity contribution in [3.63, 3.8) is 0 Å². The van der Waals surface area contributed by atoms with Gasteiger partial charge in [0.15, 0.2) is 0 Å². The lowest BCUT2D eigenvalue weighted by molar-refractivity contribution is -0.0961. The van der Waals surface area contributed by atoms with Crippen molar-refractivity contribution in [1.29, 1.82) is 0 Å². The molecule has 60 valence electrons. The van der Waals surface area contributed by atoms with Crippen LogP contribution in [0.3, 0.4) is 0 Å². The number of halogens is 3. The lowest BCUT2D eigenvalue weighted by Gasteiger charge is -2.07. The van der Waals surface area contributed by atoms with Gasteiger partial charge in [-0.15, -0.1) is 0 Å². The van der Waals surface area contributed by atoms with Crippen LogP contribution < -0.4 is 5.32 Å². The van der Waals surface area contributed by atoms with E-state index in [9.17, 15) is 13.2 Å². The molecule has 1 aliphatic rings. The van der Waals surface area contributed by atoms with Crippen LogP contribution in [0.2, 0.25) is 0 Å². The Morgan fingerprint density at radius 1 is 1.27 bits per heavy atom. The summed E-state index contributed by atoms with van der Waals surface area (Å²) < 4.78 is 35.9. The van der Waals surface area contributed by atoms with E-state index in [1.54, 1.807) is 6.92 Å². The van der Waals surface area contributed by atoms with Crippen molar-refractivity contribution in [3.05, 3.63) is 23.0 Å². The highest BCUT2D eigenvalue weighted by Crippen LogP contribution is 2.32. The minimum Gasteiger partial charge on any atom is -0.241 e. The van der Waals surface area contributed by atoms with Crippen LogP contribution in [0.1, 0.15) is 13.8 Å². The van der Waals surface area contributed by atoms with E-state index in [-0.39, 0.29) is 5.57 Å². The molecule has 1 rings (SSSR count). The van der Waals surface area contributed by atoms with Gasteiger partial charge in [-0.2, -0.15) is 13.2 Å². The second-order valence-electron chi connectivity index (χ2n) is 2.32. The smallest absolute Gasteiger partial charge is 0.241 e. The molecule has 1 aliphatic heterocycles. The van der Waals surface area contributed by atoms with Gasteiger partial charge in [0.2, 0.25) is 0 Å². The van der Waals surface area contributed by atoms with Crippen molar-refractivity contribution >= 4 is 0 Å². The minimum atomic E-state index is -4.34. The van der Waals surface area contributed by atoms with Crippen molar-refractivity contribution in [2.75, 3.05) is 0 Å². The molecular formula is C7H6F3N. The number of alkyl halides is 3. The summed E-state index contributed by atoms with van der Waals surface area (Å²) in [6.07, 6.45) is -2.07. The molecule has 0 fully saturated rings. The molecule has 0 bridgehead atoms. The summed E-state index contributed by atoms with van der Waals surface area (Å²) >= 11 is 0. The van der Waals surface area contributed by atoms with Gasteiger partial charge in [0.25, 0.3) is 0 Å². The molecule has 11 heavy (non-hydrogen) atoms. The van der Waals surface area contributed by atoms with Crippen LogP contribution in [0.4, 0.5) is 13.2 Å². The van der Waals surface area contributed by atoms with E-state index >= 15 is 0 Å². The van der Waals surface area contributed by atoms with Crippen LogP contribution >= 0.6 is 0 Å². The van der Waals surface area contributed by atoms with Gasteiger partial charge in [0.05, 0.1) is 6.20 Å². The molecule has 0 aromatic rings. The Kier molecular flexibility index (Phi) is 1.70. The molecule has 1 nitrogen and oxygen atoms in total. The molecule has 0 amide bonds. The number of allylic oxidation sites excluding steroid dienone is 3. The van der Waals surface area contributed by atoms with Gasteiger partial charge in [-0.25, -0.2) is 5.32 Å². The first-order chi connectivity index (χ1) is 4.93. The first-order valence-electron chi connectivity index (χ1n) is 3.01. The number of hydrogen-bond acceptors (Lipinski definition) is 0. The highest BCUT2D eigenvalue weighted by Gasteiger charge is 2.38. The SMILES string of the molecule is CC1=[C][N]C(C(F)(F)F)=C1C. The van der Waals surface area contributed by atoms with Gasteiger partial charge in [-0.3, -0.25) is 0 Å². The predicted molar refractivity (Wildman–Crippen MR) is 33.3 cm³/mol. The zero-order valence-corrected chi connectivity index (χ0v) is 6.08. The highest BCUT2D eigenvalue weighted by molar-refractivity contribution is 5.37. The molecule has 0 saturated heterocycles. The zero-order chi connectivity index (χ0) is 8.65. The standard InChI is InChI=1S/C7H6F3N/c1-4-3-11-6(5(4)2)7(8,9)10/h1-2H3. The largest absolute Gasteiger partial charge is 0.433 e. The first kappa shape index (κ1) is 8.17. The molecule has 0 atom stereocenters. The van der Waals surface area contributed by atoms with Crippen LogP contribution in [0.15, 0.2) is 16.8 Å². The predicted octanol–water partition coefficient (Wildman–Crippen LogP) is 2.15. The summed E-state index contributed by atoms with van der Waals surface area (Å²) in [5, 5.41) is 3.14. The molecule has 0 aliphatic carbocycles. The Labute approximate surface area is 62.6 Å². The number of hydrogen-bond donors (Lipinski definition) is 0. The summed E-state index contributed by atoms with van der Waals surface area (Å²) in [5.41, 5.74) is -0.204. The quantitative estimate of drug-likeness (QED) is 0.516. The van der Waals surface area contributed by atoms with E-state index in [0.717, 1.165) is 0 Å². The Morgan fingerprint density at radius 2 is 1.82 bits per heavy atom. The zero-order valence-electron chi connectivity index (χ0n) is 6.08. The van der Waals surface area contributed by atoms with Gasteiger partial charge in [-0.05, 0) is 25.0 Å². The van der Waals surface area contributed by atoms with Crippen molar-refractivity contribution in [3.8, 4) is 0 Å². The fourth-order valence-corrected chi connectivity index (χ4v) is 0.761. The van der Waals surface area contributed by atoms with Crippen molar-refractivity contribution in [2.45, 2.75) is 20.0 Å². The van der Waals surface area contributed by atoms with Gasteiger partial charge in [0, 0.05) is 0 Å². The summed E-state index contributed by atoms with van der Waals surface area (Å²) in [6, 6.07) is 0. The van der Waals surface area contributed by atoms with Crippen LogP contribution in [-0.4, -0.2) is 6.18 Å². The van der Waals surface area contributed by atoms with E-state index < -0.39 is 11.9 Å². The van der Waals surface area contributed by atoms with Crippen LogP contribution in [0, 0.1) is 6.20 Å². The molecule has 4 heteroatoms. The maximum Gasteiger partial charge on any atom is 0.433 e. The maximum absolute atomic E-state index is 12.0. The third-order valence-electron chi connectivity index (χ3n) is 1.52. The van der Waals surface area contributed by atoms with Gasteiger partial charge < -0.3 is 0 Å². The lowest BCUT2D eigenvalue weighted by atomic mass is 10.1. The molecule has 1 heterocycles. The average molecular weight is 161 g/mol. The Hall–Kier alpha value is -0.930. The van der Waals surface area contributed by atoms with Gasteiger partial charge >= 0.3 is 6.18 Å². The van der Waals surface area contributed by atoms with Crippen LogP contribution in [-0.2, 0) is 0 Å². The molecule has 0 aromatic carbocycles. The van der Waals surface area contributed by atoms with E-state index in [1.165, 1.54) is 6.92 Å². The van der Waals surface area contributed by atoms with Crippen molar-refractivity contribution < 1.29 is 13.2 Å². The van der Waals surface area contributed by atoms with E-state index in [1.807, 2.05) is 0 Å². The number of nitrogens with zero attached hydrogens (tertiary/aromatic N) is 1. The Morgan fingerprint density at radius 3 is 2.00 bits per heavy atom. The second kappa shape index (κ2) is 2.29. The lowest BCUT2D eigenvalue weighted by Crippen LogP contribution is -2.17. The van der Waals surface area contributed by atoms with E-state index in [4.69, 9.17) is 0 Å². The molecule has 0 N–H and O–H groups in total. The average Bonchev–Trinajstić information content (AvgIpc) is 2.11. The van der Waals surface area contributed by atoms with Crippen LogP contribution in [0.5, 0.6) is 0 Å². The molecule has 0 spiro atoms. The Bertz CT molecular complexity index is 235. The molecule has 0 unspecified atom stereocenters. The topological polar surface area (TPSA) is 14.1 Å². The second-order valence-corrected chi connectivity index (χ2v) is 2.32. The van der Waals surface area contributed by atoms with Crippen molar-refractivity contribution in [2.24, 2.45) is 0 Å². The Balaban J connectivity index is 2.95. The fraction of sp³-hybridized carbons (Fsp3) is 0.429. The molecule has 2 radical (unpaired) electrons. The normalized spacial score (nSPS) is 18.5. The first-order valence-corrected chi connectivity index (χ1v) is 3.01. The van der Waals surface area contributed by atoms with E-state index in [0.29, 0.717) is 5.57 Å². The summed E-state index contributed by atoms with van der Waals surface area (Å²) in [5.74, 6) is 0. The summed E-state index contributed by atoms with van der Waals surface area (Å²) in [6.45, 7) is 2.94. The maximum atomic E-state index is 12.0. The van der Waals surface area contributed by atoms with Gasteiger partial charge in [0.1, 0.15) is 5.70 Å². The molecule has 0 aromatic heterocycles. The van der Waals surface area contributed by atoms with Gasteiger partial charge in [-0.1, -0.05) is 0 Å². The monoisotopic (exact) mass is 161 g/mol. The molecular weight excluding hydrogens is 155 g/mol. The molecule has 0 saturated carbocycles. The fourth-order valence-electron chi connectivity index (χ4n) is 0.761. The highest BCUT2D eigenvalue weighted by atomic mass is 19.4. The van der Waals surface area contributed by atoms with E-state index in [2.05, 4.69) is 11.5 Å². The summed E-state index contributed by atoms with van der Waals surface area (Å²) in [4.78, 5) is 0. The third kappa shape index (κ3) is 1.39. The number of rotatable bonds is 0. The van der Waals surface area contributed by atoms with Crippen LogP contribution in [0.25, 0.3) is 0 Å².